The molecule has 3 atom stereocenters. The third-order valence-electron chi connectivity index (χ3n) is 6.02. The number of methoxy groups -OCH3 is 1. The Bertz CT molecular complexity index is 823. The van der Waals surface area contributed by atoms with E-state index in [1.807, 2.05) is 41.3 Å². The average molecular weight is 368 g/mol. The van der Waals surface area contributed by atoms with Gasteiger partial charge >= 0.3 is 0 Å². The zero-order chi connectivity index (χ0) is 19.0. The van der Waals surface area contributed by atoms with Crippen LogP contribution in [0.3, 0.4) is 0 Å². The molecule has 4 nitrogen and oxygen atoms in total. The number of likely N-dealkylation sites (N-methyl/N-ethyl adjacent to an activating group) is 1. The van der Waals surface area contributed by atoms with E-state index < -0.39 is 0 Å². The normalized spacial score (nSPS) is 25.3. The molecule has 0 unspecified atom stereocenters. The molecule has 2 aromatic rings. The highest BCUT2D eigenvalue weighted by atomic mass is 19.1. The minimum Gasteiger partial charge on any atom is -0.496 e. The van der Waals surface area contributed by atoms with Crippen LogP contribution in [0.1, 0.15) is 34.7 Å². The number of benzene rings is 2. The Kier molecular flexibility index (Phi) is 4.87. The van der Waals surface area contributed by atoms with Gasteiger partial charge in [0.15, 0.2) is 0 Å². The summed E-state index contributed by atoms with van der Waals surface area (Å²) in [6.45, 7) is 1.66. The summed E-state index contributed by atoms with van der Waals surface area (Å²) in [6, 6.07) is 14.5. The topological polar surface area (TPSA) is 32.8 Å². The molecule has 2 saturated heterocycles. The van der Waals surface area contributed by atoms with Crippen LogP contribution in [0.4, 0.5) is 4.39 Å². The van der Waals surface area contributed by atoms with Crippen LogP contribution in [0.25, 0.3) is 0 Å². The maximum absolute atomic E-state index is 13.4. The van der Waals surface area contributed by atoms with Crippen molar-refractivity contribution in [3.63, 3.8) is 0 Å². The first-order chi connectivity index (χ1) is 13.1. The van der Waals surface area contributed by atoms with Crippen molar-refractivity contribution in [3.8, 4) is 5.75 Å². The van der Waals surface area contributed by atoms with E-state index in [4.69, 9.17) is 4.74 Å². The van der Waals surface area contributed by atoms with Crippen LogP contribution >= 0.6 is 0 Å². The zero-order valence-electron chi connectivity index (χ0n) is 15.8. The van der Waals surface area contributed by atoms with Crippen LogP contribution in [0, 0.1) is 5.82 Å². The van der Waals surface area contributed by atoms with E-state index in [9.17, 15) is 9.18 Å². The van der Waals surface area contributed by atoms with Gasteiger partial charge in [0.25, 0.3) is 5.91 Å². The second-order valence-electron chi connectivity index (χ2n) is 7.50. The molecule has 1 amide bonds. The third kappa shape index (κ3) is 3.21. The maximum atomic E-state index is 13.4. The van der Waals surface area contributed by atoms with Crippen molar-refractivity contribution in [2.45, 2.75) is 30.8 Å². The van der Waals surface area contributed by atoms with Crippen LogP contribution in [0.15, 0.2) is 48.5 Å². The highest BCUT2D eigenvalue weighted by Gasteiger charge is 2.48. The summed E-state index contributed by atoms with van der Waals surface area (Å²) in [5.41, 5.74) is 1.70. The number of rotatable bonds is 3. The summed E-state index contributed by atoms with van der Waals surface area (Å²) >= 11 is 0. The van der Waals surface area contributed by atoms with Crippen molar-refractivity contribution in [3.05, 3.63) is 65.5 Å². The van der Waals surface area contributed by atoms with Crippen molar-refractivity contribution in [1.29, 1.82) is 0 Å². The molecule has 2 heterocycles. The summed E-state index contributed by atoms with van der Waals surface area (Å²) in [4.78, 5) is 17.8. The summed E-state index contributed by atoms with van der Waals surface area (Å²) in [5.74, 6) is 0.572. The van der Waals surface area contributed by atoms with E-state index in [0.717, 1.165) is 24.9 Å². The van der Waals surface area contributed by atoms with Gasteiger partial charge in [-0.3, -0.25) is 4.79 Å². The number of amides is 1. The molecule has 0 aliphatic carbocycles. The SMILES string of the molecule is COc1ccccc1C(=O)N1C[C@H](c2ccc(F)cc2)[C@@H]2[C@H]1CCCN2C. The number of para-hydroxylation sites is 1. The lowest BCUT2D eigenvalue weighted by Crippen LogP contribution is -2.50. The Morgan fingerprint density at radius 1 is 1.15 bits per heavy atom. The minimum atomic E-state index is -0.229. The van der Waals surface area contributed by atoms with Crippen molar-refractivity contribution in [1.82, 2.24) is 9.80 Å². The largest absolute Gasteiger partial charge is 0.496 e. The number of halogens is 1. The molecule has 27 heavy (non-hydrogen) atoms. The summed E-state index contributed by atoms with van der Waals surface area (Å²) in [6.07, 6.45) is 2.07. The fourth-order valence-corrected chi connectivity index (χ4v) is 4.76. The lowest BCUT2D eigenvalue weighted by atomic mass is 9.86. The number of hydrogen-bond donors (Lipinski definition) is 0. The van der Waals surface area contributed by atoms with Crippen molar-refractivity contribution < 1.29 is 13.9 Å². The third-order valence-corrected chi connectivity index (χ3v) is 6.02. The lowest BCUT2D eigenvalue weighted by molar-refractivity contribution is 0.0626. The molecule has 142 valence electrons. The molecule has 0 aromatic heterocycles. The summed E-state index contributed by atoms with van der Waals surface area (Å²) in [7, 11) is 3.72. The number of ether oxygens (including phenoxy) is 1. The predicted octanol–water partition coefficient (Wildman–Crippen LogP) is 3.54. The van der Waals surface area contributed by atoms with Crippen LogP contribution in [0.5, 0.6) is 5.75 Å². The standard InChI is InChI=1S/C22H25FN2O2/c1-24-13-5-7-19-21(24)18(15-9-11-16(23)12-10-15)14-25(19)22(26)17-6-3-4-8-20(17)27-2/h3-4,6,8-12,18-19,21H,5,7,13-14H2,1-2H3/t18-,19-,21-/m1/s1. The first kappa shape index (κ1) is 18.0. The van der Waals surface area contributed by atoms with Gasteiger partial charge in [-0.1, -0.05) is 24.3 Å². The highest BCUT2D eigenvalue weighted by Crippen LogP contribution is 2.40. The molecular formula is C22H25FN2O2. The second-order valence-corrected chi connectivity index (χ2v) is 7.50. The van der Waals surface area contributed by atoms with Gasteiger partial charge in [-0.2, -0.15) is 0 Å². The van der Waals surface area contributed by atoms with Crippen LogP contribution in [-0.2, 0) is 0 Å². The van der Waals surface area contributed by atoms with Gasteiger partial charge in [0.2, 0.25) is 0 Å². The van der Waals surface area contributed by atoms with E-state index >= 15 is 0 Å². The Morgan fingerprint density at radius 3 is 2.63 bits per heavy atom. The minimum absolute atomic E-state index is 0.0161. The molecule has 0 saturated carbocycles. The fourth-order valence-electron chi connectivity index (χ4n) is 4.76. The van der Waals surface area contributed by atoms with Crippen molar-refractivity contribution in [2.24, 2.45) is 0 Å². The molecule has 2 fully saturated rings. The van der Waals surface area contributed by atoms with E-state index in [2.05, 4.69) is 11.9 Å². The number of fused-ring (bicyclic) bond motifs is 1. The van der Waals surface area contributed by atoms with Gasteiger partial charge in [0.1, 0.15) is 11.6 Å². The van der Waals surface area contributed by atoms with E-state index in [1.54, 1.807) is 7.11 Å². The number of carbonyl (C=O) groups is 1. The van der Waals surface area contributed by atoms with Crippen LogP contribution in [-0.4, -0.2) is 55.0 Å². The molecule has 0 N–H and O–H groups in total. The number of likely N-dealkylation sites (tertiary alicyclic amines) is 2. The Labute approximate surface area is 159 Å². The molecule has 4 rings (SSSR count). The fraction of sp³-hybridized carbons (Fsp3) is 0.409. The van der Waals surface area contributed by atoms with Gasteiger partial charge in [-0.15, -0.1) is 0 Å². The number of nitrogens with zero attached hydrogens (tertiary/aromatic N) is 2. The van der Waals surface area contributed by atoms with Crippen molar-refractivity contribution >= 4 is 5.91 Å². The van der Waals surface area contributed by atoms with E-state index in [0.29, 0.717) is 17.9 Å². The number of carbonyl (C=O) groups excluding carboxylic acids is 1. The Balaban J connectivity index is 1.69. The summed E-state index contributed by atoms with van der Waals surface area (Å²) in [5, 5.41) is 0. The van der Waals surface area contributed by atoms with Crippen LogP contribution < -0.4 is 4.74 Å². The first-order valence-electron chi connectivity index (χ1n) is 9.50. The molecule has 2 aromatic carbocycles. The number of hydrogen-bond acceptors (Lipinski definition) is 3. The zero-order valence-corrected chi connectivity index (χ0v) is 15.8. The Hall–Kier alpha value is -2.40. The second kappa shape index (κ2) is 7.31. The molecule has 0 bridgehead atoms. The Morgan fingerprint density at radius 2 is 1.89 bits per heavy atom. The van der Waals surface area contributed by atoms with Gasteiger partial charge in [0.05, 0.1) is 12.7 Å². The smallest absolute Gasteiger partial charge is 0.257 e. The average Bonchev–Trinajstić information content (AvgIpc) is 3.09. The lowest BCUT2D eigenvalue weighted by Gasteiger charge is -2.39. The predicted molar refractivity (Wildman–Crippen MR) is 103 cm³/mol. The molecule has 2 aliphatic rings. The van der Waals surface area contributed by atoms with E-state index in [-0.39, 0.29) is 29.7 Å². The molecular weight excluding hydrogens is 343 g/mol. The quantitative estimate of drug-likeness (QED) is 0.831. The maximum Gasteiger partial charge on any atom is 0.257 e. The molecule has 5 heteroatoms. The molecule has 0 spiro atoms. The van der Waals surface area contributed by atoms with Crippen LogP contribution in [0.2, 0.25) is 0 Å². The monoisotopic (exact) mass is 368 g/mol. The summed E-state index contributed by atoms with van der Waals surface area (Å²) < 4.78 is 18.8. The van der Waals surface area contributed by atoms with E-state index in [1.165, 1.54) is 12.1 Å². The molecule has 2 aliphatic heterocycles. The highest BCUT2D eigenvalue weighted by molar-refractivity contribution is 5.97. The van der Waals surface area contributed by atoms with Gasteiger partial charge < -0.3 is 14.5 Å². The van der Waals surface area contributed by atoms with Gasteiger partial charge in [0, 0.05) is 24.5 Å². The first-order valence-corrected chi connectivity index (χ1v) is 9.50. The number of piperidine rings is 1. The van der Waals surface area contributed by atoms with Gasteiger partial charge in [-0.25, -0.2) is 4.39 Å². The van der Waals surface area contributed by atoms with Crippen molar-refractivity contribution in [2.75, 3.05) is 27.2 Å². The van der Waals surface area contributed by atoms with Gasteiger partial charge in [-0.05, 0) is 56.3 Å². The molecule has 0 radical (unpaired) electrons.